The van der Waals surface area contributed by atoms with Crippen LogP contribution in [0.3, 0.4) is 0 Å². The standard InChI is InChI=1S/C17H20F4O2/c1-11-6-7-12(10-22-11)4-2-3-5-13-8-14(18)16(15(19)9-13)23-17(20)21/h8-11,17H,2-7H2,1H3. The van der Waals surface area contributed by atoms with Gasteiger partial charge in [0.1, 0.15) is 0 Å². The van der Waals surface area contributed by atoms with Crippen LogP contribution in [0.5, 0.6) is 5.75 Å². The average molecular weight is 332 g/mol. The number of hydrogen-bond acceptors (Lipinski definition) is 2. The zero-order chi connectivity index (χ0) is 16.8. The Hall–Kier alpha value is -1.72. The molecule has 23 heavy (non-hydrogen) atoms. The lowest BCUT2D eigenvalue weighted by molar-refractivity contribution is -0.0546. The second-order valence-corrected chi connectivity index (χ2v) is 5.74. The maximum Gasteiger partial charge on any atom is 0.387 e. The van der Waals surface area contributed by atoms with E-state index < -0.39 is 24.0 Å². The van der Waals surface area contributed by atoms with Crippen molar-refractivity contribution in [3.8, 4) is 5.75 Å². The molecule has 128 valence electrons. The summed E-state index contributed by atoms with van der Waals surface area (Å²) in [6, 6.07) is 2.09. The molecule has 1 heterocycles. The van der Waals surface area contributed by atoms with Crippen LogP contribution in [0.25, 0.3) is 0 Å². The quantitative estimate of drug-likeness (QED) is 0.494. The zero-order valence-corrected chi connectivity index (χ0v) is 13.0. The first-order valence-corrected chi connectivity index (χ1v) is 7.72. The summed E-state index contributed by atoms with van der Waals surface area (Å²) >= 11 is 0. The van der Waals surface area contributed by atoms with E-state index in [2.05, 4.69) is 4.74 Å². The van der Waals surface area contributed by atoms with E-state index in [0.717, 1.165) is 44.2 Å². The predicted molar refractivity (Wildman–Crippen MR) is 78.4 cm³/mol. The molecule has 0 amide bonds. The minimum atomic E-state index is -3.25. The lowest BCUT2D eigenvalue weighted by Gasteiger charge is -2.19. The number of alkyl halides is 2. The van der Waals surface area contributed by atoms with E-state index in [0.29, 0.717) is 12.0 Å². The number of allylic oxidation sites excluding steroid dienone is 1. The zero-order valence-electron chi connectivity index (χ0n) is 13.0. The lowest BCUT2D eigenvalue weighted by Crippen LogP contribution is -2.10. The smallest absolute Gasteiger partial charge is 0.387 e. The van der Waals surface area contributed by atoms with Gasteiger partial charge in [0.15, 0.2) is 17.4 Å². The Balaban J connectivity index is 1.82. The van der Waals surface area contributed by atoms with E-state index in [1.165, 1.54) is 5.57 Å². The minimum Gasteiger partial charge on any atom is -0.498 e. The molecule has 0 aliphatic carbocycles. The normalized spacial score (nSPS) is 17.8. The van der Waals surface area contributed by atoms with Gasteiger partial charge in [0.2, 0.25) is 0 Å². The molecule has 2 nitrogen and oxygen atoms in total. The number of aryl methyl sites for hydroxylation is 1. The third kappa shape index (κ3) is 5.44. The fraction of sp³-hybridized carbons (Fsp3) is 0.529. The van der Waals surface area contributed by atoms with Gasteiger partial charge in [0.25, 0.3) is 0 Å². The molecule has 1 aromatic rings. The van der Waals surface area contributed by atoms with Gasteiger partial charge in [0.05, 0.1) is 12.4 Å². The summed E-state index contributed by atoms with van der Waals surface area (Å²) in [6.07, 6.45) is 7.10. The summed E-state index contributed by atoms with van der Waals surface area (Å²) in [4.78, 5) is 0. The van der Waals surface area contributed by atoms with Crippen molar-refractivity contribution in [3.63, 3.8) is 0 Å². The van der Waals surface area contributed by atoms with E-state index in [4.69, 9.17) is 4.74 Å². The van der Waals surface area contributed by atoms with Gasteiger partial charge in [-0.2, -0.15) is 8.78 Å². The van der Waals surface area contributed by atoms with Crippen LogP contribution in [0.15, 0.2) is 24.0 Å². The summed E-state index contributed by atoms with van der Waals surface area (Å²) in [5, 5.41) is 0. The highest BCUT2D eigenvalue weighted by Gasteiger charge is 2.17. The molecule has 1 unspecified atom stereocenters. The number of halogens is 4. The van der Waals surface area contributed by atoms with Crippen LogP contribution in [-0.4, -0.2) is 12.7 Å². The van der Waals surface area contributed by atoms with Crippen molar-refractivity contribution < 1.29 is 27.0 Å². The first-order valence-electron chi connectivity index (χ1n) is 7.72. The number of unbranched alkanes of at least 4 members (excludes halogenated alkanes) is 1. The summed E-state index contributed by atoms with van der Waals surface area (Å²) in [7, 11) is 0. The highest BCUT2D eigenvalue weighted by Crippen LogP contribution is 2.26. The van der Waals surface area contributed by atoms with Crippen molar-refractivity contribution in [1.29, 1.82) is 0 Å². The molecule has 1 aliphatic heterocycles. The molecule has 1 aromatic carbocycles. The molecule has 6 heteroatoms. The monoisotopic (exact) mass is 332 g/mol. The van der Waals surface area contributed by atoms with E-state index in [9.17, 15) is 17.6 Å². The van der Waals surface area contributed by atoms with E-state index in [1.54, 1.807) is 0 Å². The van der Waals surface area contributed by atoms with Gasteiger partial charge in [-0.15, -0.1) is 0 Å². The van der Waals surface area contributed by atoms with E-state index >= 15 is 0 Å². The number of ether oxygens (including phenoxy) is 2. The maximum atomic E-state index is 13.6. The van der Waals surface area contributed by atoms with Crippen LogP contribution in [0.1, 0.15) is 44.6 Å². The molecule has 0 aromatic heterocycles. The van der Waals surface area contributed by atoms with E-state index in [-0.39, 0.29) is 6.10 Å². The molecule has 0 spiro atoms. The molecular weight excluding hydrogens is 312 g/mol. The fourth-order valence-electron chi connectivity index (χ4n) is 2.55. The number of hydrogen-bond donors (Lipinski definition) is 0. The molecule has 1 aliphatic rings. The van der Waals surface area contributed by atoms with Gasteiger partial charge >= 0.3 is 6.61 Å². The van der Waals surface area contributed by atoms with E-state index in [1.807, 2.05) is 13.2 Å². The maximum absolute atomic E-state index is 13.6. The van der Waals surface area contributed by atoms with Crippen LogP contribution in [0.2, 0.25) is 0 Å². The van der Waals surface area contributed by atoms with Crippen LogP contribution in [-0.2, 0) is 11.2 Å². The number of benzene rings is 1. The summed E-state index contributed by atoms with van der Waals surface area (Å²) < 4.78 is 60.6. The van der Waals surface area contributed by atoms with Gasteiger partial charge in [-0.05, 0) is 68.7 Å². The second-order valence-electron chi connectivity index (χ2n) is 5.74. The Morgan fingerprint density at radius 2 is 1.83 bits per heavy atom. The molecular formula is C17H20F4O2. The largest absolute Gasteiger partial charge is 0.498 e. The Kier molecular flexibility index (Phi) is 6.30. The summed E-state index contributed by atoms with van der Waals surface area (Å²) in [5.74, 6) is -3.22. The van der Waals surface area contributed by atoms with Gasteiger partial charge in [-0.3, -0.25) is 0 Å². The van der Waals surface area contributed by atoms with Crippen LogP contribution >= 0.6 is 0 Å². The third-order valence-electron chi connectivity index (χ3n) is 3.82. The van der Waals surface area contributed by atoms with Crippen molar-refractivity contribution >= 4 is 0 Å². The molecule has 0 N–H and O–H groups in total. The first kappa shape index (κ1) is 17.6. The van der Waals surface area contributed by atoms with Gasteiger partial charge < -0.3 is 9.47 Å². The minimum absolute atomic E-state index is 0.263. The Labute approximate surface area is 133 Å². The van der Waals surface area contributed by atoms with Crippen molar-refractivity contribution in [3.05, 3.63) is 41.2 Å². The Bertz CT molecular complexity index is 535. The Morgan fingerprint density at radius 3 is 2.39 bits per heavy atom. The van der Waals surface area contributed by atoms with Gasteiger partial charge in [-0.1, -0.05) is 0 Å². The summed E-state index contributed by atoms with van der Waals surface area (Å²) in [6.45, 7) is -1.23. The highest BCUT2D eigenvalue weighted by molar-refractivity contribution is 5.31. The number of rotatable bonds is 7. The second kappa shape index (κ2) is 8.22. The van der Waals surface area contributed by atoms with Crippen molar-refractivity contribution in [2.24, 2.45) is 0 Å². The van der Waals surface area contributed by atoms with Gasteiger partial charge in [-0.25, -0.2) is 8.78 Å². The SMILES string of the molecule is CC1CCC(CCCCc2cc(F)c(OC(F)F)c(F)c2)=CO1. The molecule has 2 rings (SSSR count). The molecule has 0 saturated heterocycles. The first-order chi connectivity index (χ1) is 11.0. The van der Waals surface area contributed by atoms with Crippen LogP contribution < -0.4 is 4.74 Å². The molecule has 0 fully saturated rings. The van der Waals surface area contributed by atoms with Crippen LogP contribution in [0, 0.1) is 11.6 Å². The molecule has 0 saturated carbocycles. The van der Waals surface area contributed by atoms with Crippen molar-refractivity contribution in [2.75, 3.05) is 0 Å². The highest BCUT2D eigenvalue weighted by atomic mass is 19.3. The Morgan fingerprint density at radius 1 is 1.17 bits per heavy atom. The topological polar surface area (TPSA) is 18.5 Å². The molecule has 0 bridgehead atoms. The molecule has 1 atom stereocenters. The average Bonchev–Trinajstić information content (AvgIpc) is 2.49. The summed E-state index contributed by atoms with van der Waals surface area (Å²) in [5.41, 5.74) is 1.69. The third-order valence-corrected chi connectivity index (χ3v) is 3.82. The fourth-order valence-corrected chi connectivity index (χ4v) is 2.55. The van der Waals surface area contributed by atoms with Crippen molar-refractivity contribution in [2.45, 2.75) is 58.2 Å². The van der Waals surface area contributed by atoms with Gasteiger partial charge in [0, 0.05) is 0 Å². The predicted octanol–water partition coefficient (Wildman–Crippen LogP) is 5.36. The van der Waals surface area contributed by atoms with Crippen molar-refractivity contribution in [1.82, 2.24) is 0 Å². The molecule has 0 radical (unpaired) electrons. The lowest BCUT2D eigenvalue weighted by atomic mass is 9.99. The van der Waals surface area contributed by atoms with Crippen LogP contribution in [0.4, 0.5) is 17.6 Å².